The number of benzene rings is 2. The predicted molar refractivity (Wildman–Crippen MR) is 126 cm³/mol. The number of para-hydroxylation sites is 1. The lowest BCUT2D eigenvalue weighted by Crippen LogP contribution is -2.35. The number of hydrogen-bond acceptors (Lipinski definition) is 4. The van der Waals surface area contributed by atoms with Gasteiger partial charge >= 0.3 is 0 Å². The number of carbonyl (C=O) groups is 1. The Morgan fingerprint density at radius 1 is 1.29 bits per heavy atom. The predicted octanol–water partition coefficient (Wildman–Crippen LogP) is 6.05. The minimum Gasteiger partial charge on any atom is -0.492 e. The first-order valence-electron chi connectivity index (χ1n) is 10.4. The van der Waals surface area contributed by atoms with Gasteiger partial charge in [-0.15, -0.1) is 0 Å². The second-order valence-electron chi connectivity index (χ2n) is 7.62. The normalized spacial score (nSPS) is 16.1. The van der Waals surface area contributed by atoms with Crippen molar-refractivity contribution in [2.45, 2.75) is 38.6 Å². The summed E-state index contributed by atoms with van der Waals surface area (Å²) in [6, 6.07) is 12.3. The molecule has 1 saturated heterocycles. The Hall–Kier alpha value is -2.31. The van der Waals surface area contributed by atoms with Gasteiger partial charge in [-0.05, 0) is 49.6 Å². The van der Waals surface area contributed by atoms with E-state index in [9.17, 15) is 9.59 Å². The van der Waals surface area contributed by atoms with Crippen LogP contribution in [-0.4, -0.2) is 30.0 Å². The van der Waals surface area contributed by atoms with Crippen LogP contribution in [0.4, 0.5) is 0 Å². The van der Waals surface area contributed by atoms with Gasteiger partial charge in [-0.1, -0.05) is 40.5 Å². The Labute approximate surface area is 194 Å². The number of rotatable bonds is 6. The van der Waals surface area contributed by atoms with E-state index >= 15 is 0 Å². The summed E-state index contributed by atoms with van der Waals surface area (Å²) >= 11 is 9.70. The highest BCUT2D eigenvalue weighted by Crippen LogP contribution is 2.35. The molecule has 1 atom stereocenters. The van der Waals surface area contributed by atoms with Gasteiger partial charge in [0, 0.05) is 23.1 Å². The van der Waals surface area contributed by atoms with Gasteiger partial charge in [0.25, 0.3) is 0 Å². The van der Waals surface area contributed by atoms with Crippen molar-refractivity contribution in [1.82, 2.24) is 4.90 Å². The highest BCUT2D eigenvalue weighted by Gasteiger charge is 2.26. The number of nitrogens with zero attached hydrogens (tertiary/aromatic N) is 1. The number of ether oxygens (including phenoxy) is 1. The van der Waals surface area contributed by atoms with Crippen LogP contribution in [0.3, 0.4) is 0 Å². The molecule has 7 heteroatoms. The van der Waals surface area contributed by atoms with Gasteiger partial charge < -0.3 is 14.1 Å². The van der Waals surface area contributed by atoms with Gasteiger partial charge in [-0.3, -0.25) is 9.59 Å². The summed E-state index contributed by atoms with van der Waals surface area (Å²) in [6.07, 6.45) is 3.41. The van der Waals surface area contributed by atoms with Crippen molar-refractivity contribution in [3.63, 3.8) is 0 Å². The lowest BCUT2D eigenvalue weighted by atomic mass is 10.1. The van der Waals surface area contributed by atoms with E-state index in [-0.39, 0.29) is 17.9 Å². The third kappa shape index (κ3) is 4.65. The van der Waals surface area contributed by atoms with Crippen LogP contribution in [0.15, 0.2) is 56.1 Å². The van der Waals surface area contributed by atoms with Crippen molar-refractivity contribution in [3.8, 4) is 17.1 Å². The molecule has 1 aliphatic heterocycles. The minimum absolute atomic E-state index is 0.116. The molecule has 0 N–H and O–H groups in total. The van der Waals surface area contributed by atoms with E-state index in [0.29, 0.717) is 45.5 Å². The van der Waals surface area contributed by atoms with Gasteiger partial charge in [0.2, 0.25) is 5.91 Å². The molecule has 1 amide bonds. The smallest absolute Gasteiger partial charge is 0.226 e. The molecule has 5 nitrogen and oxygen atoms in total. The third-order valence-electron chi connectivity index (χ3n) is 5.66. The molecule has 0 aliphatic carbocycles. The van der Waals surface area contributed by atoms with Crippen molar-refractivity contribution in [2.75, 3.05) is 13.2 Å². The Morgan fingerprint density at radius 3 is 2.94 bits per heavy atom. The Bertz CT molecular complexity index is 1180. The van der Waals surface area contributed by atoms with Crippen LogP contribution in [0.25, 0.3) is 22.3 Å². The fraction of sp³-hybridized carbons (Fsp3) is 0.333. The van der Waals surface area contributed by atoms with E-state index in [0.717, 1.165) is 30.3 Å². The first-order chi connectivity index (χ1) is 15.0. The Balaban J connectivity index is 1.57. The number of halogens is 2. The minimum atomic E-state index is -0.178. The maximum Gasteiger partial charge on any atom is 0.226 e. The molecule has 1 fully saturated rings. The molecule has 2 heterocycles. The average Bonchev–Trinajstić information content (AvgIpc) is 3.23. The molecule has 0 unspecified atom stereocenters. The van der Waals surface area contributed by atoms with E-state index in [1.807, 2.05) is 17.0 Å². The second-order valence-corrected chi connectivity index (χ2v) is 8.94. The Morgan fingerprint density at radius 2 is 2.13 bits per heavy atom. The first kappa shape index (κ1) is 21.9. The lowest BCUT2D eigenvalue weighted by Gasteiger charge is -2.23. The van der Waals surface area contributed by atoms with Gasteiger partial charge in [0.1, 0.15) is 11.5 Å². The average molecular weight is 505 g/mol. The highest BCUT2D eigenvalue weighted by molar-refractivity contribution is 9.10. The van der Waals surface area contributed by atoms with Crippen LogP contribution in [0.1, 0.15) is 32.6 Å². The fourth-order valence-electron chi connectivity index (χ4n) is 4.08. The van der Waals surface area contributed by atoms with Crippen LogP contribution in [0, 0.1) is 0 Å². The number of fused-ring (bicyclic) bond motifs is 1. The number of carbonyl (C=O) groups excluding carboxylic acids is 1. The molecule has 31 heavy (non-hydrogen) atoms. The van der Waals surface area contributed by atoms with Crippen molar-refractivity contribution < 1.29 is 13.9 Å². The Kier molecular flexibility index (Phi) is 6.68. The van der Waals surface area contributed by atoms with Crippen LogP contribution in [0.2, 0.25) is 5.02 Å². The maximum atomic E-state index is 12.6. The van der Waals surface area contributed by atoms with E-state index in [1.54, 1.807) is 24.3 Å². The van der Waals surface area contributed by atoms with Gasteiger partial charge in [0.05, 0.1) is 29.0 Å². The lowest BCUT2D eigenvalue weighted by molar-refractivity contribution is -0.132. The summed E-state index contributed by atoms with van der Waals surface area (Å²) in [7, 11) is 0. The first-order valence-corrected chi connectivity index (χ1v) is 11.6. The molecule has 1 aliphatic rings. The molecule has 0 spiro atoms. The van der Waals surface area contributed by atoms with Crippen molar-refractivity contribution in [3.05, 3.63) is 62.2 Å². The van der Waals surface area contributed by atoms with E-state index < -0.39 is 0 Å². The van der Waals surface area contributed by atoms with Gasteiger partial charge in [-0.25, -0.2) is 0 Å². The van der Waals surface area contributed by atoms with Crippen molar-refractivity contribution >= 4 is 44.4 Å². The van der Waals surface area contributed by atoms with Crippen molar-refractivity contribution in [1.29, 1.82) is 0 Å². The zero-order valence-electron chi connectivity index (χ0n) is 17.2. The van der Waals surface area contributed by atoms with E-state index in [2.05, 4.69) is 22.9 Å². The largest absolute Gasteiger partial charge is 0.492 e. The van der Waals surface area contributed by atoms with Crippen LogP contribution >= 0.6 is 27.5 Å². The van der Waals surface area contributed by atoms with Crippen LogP contribution in [-0.2, 0) is 4.79 Å². The highest BCUT2D eigenvalue weighted by atomic mass is 79.9. The van der Waals surface area contributed by atoms with Crippen LogP contribution in [0.5, 0.6) is 5.75 Å². The molecule has 0 saturated carbocycles. The molecule has 162 valence electrons. The summed E-state index contributed by atoms with van der Waals surface area (Å²) < 4.78 is 12.8. The maximum absolute atomic E-state index is 12.6. The van der Waals surface area contributed by atoms with E-state index in [4.69, 9.17) is 20.8 Å². The third-order valence-corrected chi connectivity index (χ3v) is 6.45. The number of hydrogen-bond donors (Lipinski definition) is 0. The molecule has 1 aromatic heterocycles. The quantitative estimate of drug-likeness (QED) is 0.410. The zero-order valence-corrected chi connectivity index (χ0v) is 19.5. The molecule has 3 aromatic rings. The molecular formula is C24H23BrClNO4. The topological polar surface area (TPSA) is 59.8 Å². The molecule has 0 bridgehead atoms. The van der Waals surface area contributed by atoms with Gasteiger partial charge in [0.15, 0.2) is 11.0 Å². The molecule has 0 radical (unpaired) electrons. The van der Waals surface area contributed by atoms with E-state index in [1.165, 1.54) is 6.07 Å². The summed E-state index contributed by atoms with van der Waals surface area (Å²) in [5.41, 5.74) is 0.792. The molecule has 4 rings (SSSR count). The SMILES string of the molecule is CC[C@@H]1CCCN1C(=O)CCOc1cc(Br)ccc1-c1cc(=O)c2cccc(Cl)c2o1. The van der Waals surface area contributed by atoms with Crippen molar-refractivity contribution in [2.24, 2.45) is 0 Å². The van der Waals surface area contributed by atoms with Crippen LogP contribution < -0.4 is 10.2 Å². The second kappa shape index (κ2) is 9.45. The molecule has 2 aromatic carbocycles. The number of likely N-dealkylation sites (tertiary alicyclic amines) is 1. The summed E-state index contributed by atoms with van der Waals surface area (Å²) in [6.45, 7) is 3.18. The summed E-state index contributed by atoms with van der Waals surface area (Å²) in [4.78, 5) is 27.2. The zero-order chi connectivity index (χ0) is 22.0. The number of amides is 1. The van der Waals surface area contributed by atoms with Gasteiger partial charge in [-0.2, -0.15) is 0 Å². The monoisotopic (exact) mass is 503 g/mol. The fourth-order valence-corrected chi connectivity index (χ4v) is 4.63. The molecular weight excluding hydrogens is 482 g/mol. The summed E-state index contributed by atoms with van der Waals surface area (Å²) in [5, 5.41) is 0.801. The standard InChI is InChI=1S/C24H23BrClNO4/c1-2-16-5-4-11-27(16)23(29)10-12-30-21-13-15(25)8-9-18(21)22-14-20(28)17-6-3-7-19(26)24(17)31-22/h3,6-9,13-14,16H,2,4-5,10-12H2,1H3/t16-/m1/s1. The summed E-state index contributed by atoms with van der Waals surface area (Å²) in [5.74, 6) is 1.01.